The number of ether oxygens (including phenoxy) is 2. The molecular formula is C25H20ClF2N3O3S. The molecule has 0 unspecified atom stereocenters. The van der Waals surface area contributed by atoms with Crippen LogP contribution in [-0.4, -0.2) is 34.9 Å². The number of aromatic nitrogens is 2. The van der Waals surface area contributed by atoms with E-state index in [4.69, 9.17) is 16.3 Å². The highest BCUT2D eigenvalue weighted by Gasteiger charge is 2.16. The Hall–Kier alpha value is -3.56. The smallest absolute Gasteiger partial charge is 0.387 e. The monoisotopic (exact) mass is 515 g/mol. The quantitative estimate of drug-likeness (QED) is 0.257. The van der Waals surface area contributed by atoms with E-state index in [0.29, 0.717) is 27.3 Å². The Morgan fingerprint density at radius 3 is 2.31 bits per heavy atom. The van der Waals surface area contributed by atoms with Gasteiger partial charge in [-0.2, -0.15) is 8.78 Å². The highest BCUT2D eigenvalue weighted by molar-refractivity contribution is 7.99. The van der Waals surface area contributed by atoms with E-state index in [1.54, 1.807) is 49.7 Å². The molecule has 3 aromatic carbocycles. The van der Waals surface area contributed by atoms with Gasteiger partial charge in [0.05, 0.1) is 24.8 Å². The van der Waals surface area contributed by atoms with Crippen molar-refractivity contribution >= 4 is 35.0 Å². The van der Waals surface area contributed by atoms with E-state index in [1.807, 2.05) is 28.8 Å². The van der Waals surface area contributed by atoms with Gasteiger partial charge in [-0.05, 0) is 72.8 Å². The van der Waals surface area contributed by atoms with Crippen LogP contribution in [0.3, 0.4) is 0 Å². The first-order chi connectivity index (χ1) is 16.9. The number of benzene rings is 3. The second-order valence-corrected chi connectivity index (χ2v) is 8.59. The Labute approximate surface area is 209 Å². The summed E-state index contributed by atoms with van der Waals surface area (Å²) < 4.78 is 36.7. The molecule has 35 heavy (non-hydrogen) atoms. The van der Waals surface area contributed by atoms with Crippen molar-refractivity contribution in [3.63, 3.8) is 0 Å². The summed E-state index contributed by atoms with van der Waals surface area (Å²) in [6.07, 6.45) is 1.70. The molecule has 4 aromatic rings. The van der Waals surface area contributed by atoms with E-state index >= 15 is 0 Å². The molecule has 180 valence electrons. The molecule has 0 bridgehead atoms. The van der Waals surface area contributed by atoms with Crippen molar-refractivity contribution in [2.75, 3.05) is 18.2 Å². The summed E-state index contributed by atoms with van der Waals surface area (Å²) >= 11 is 7.14. The van der Waals surface area contributed by atoms with Gasteiger partial charge in [-0.1, -0.05) is 23.4 Å². The van der Waals surface area contributed by atoms with Crippen LogP contribution in [0.25, 0.3) is 16.9 Å². The van der Waals surface area contributed by atoms with Crippen LogP contribution in [0, 0.1) is 0 Å². The normalized spacial score (nSPS) is 10.9. The van der Waals surface area contributed by atoms with Crippen LogP contribution >= 0.6 is 23.4 Å². The fraction of sp³-hybridized carbons (Fsp3) is 0.120. The molecule has 1 amide bonds. The van der Waals surface area contributed by atoms with Gasteiger partial charge in [0.1, 0.15) is 11.5 Å². The number of alkyl halides is 2. The molecule has 0 aliphatic heterocycles. The first kappa shape index (κ1) is 24.6. The van der Waals surface area contributed by atoms with Crippen LogP contribution in [0.5, 0.6) is 11.5 Å². The molecular weight excluding hydrogens is 496 g/mol. The number of amides is 1. The van der Waals surface area contributed by atoms with E-state index in [0.717, 1.165) is 11.3 Å². The lowest BCUT2D eigenvalue weighted by molar-refractivity contribution is -0.113. The molecule has 0 saturated heterocycles. The van der Waals surface area contributed by atoms with Gasteiger partial charge in [-0.25, -0.2) is 4.98 Å². The van der Waals surface area contributed by atoms with Crippen molar-refractivity contribution in [1.82, 2.24) is 9.55 Å². The van der Waals surface area contributed by atoms with Crippen molar-refractivity contribution in [1.29, 1.82) is 0 Å². The predicted octanol–water partition coefficient (Wildman–Crippen LogP) is 6.53. The van der Waals surface area contributed by atoms with Gasteiger partial charge in [0.25, 0.3) is 0 Å². The number of carbonyl (C=O) groups excluding carboxylic acids is 1. The molecule has 0 fully saturated rings. The molecule has 1 N–H and O–H groups in total. The van der Waals surface area contributed by atoms with Crippen LogP contribution in [0.2, 0.25) is 5.02 Å². The van der Waals surface area contributed by atoms with Crippen LogP contribution < -0.4 is 14.8 Å². The fourth-order valence-corrected chi connectivity index (χ4v) is 4.21. The maximum absolute atomic E-state index is 12.6. The van der Waals surface area contributed by atoms with Gasteiger partial charge in [0.2, 0.25) is 5.91 Å². The number of hydrogen-bond acceptors (Lipinski definition) is 5. The molecule has 4 rings (SSSR count). The number of nitrogens with one attached hydrogen (secondary N) is 1. The third-order valence-electron chi connectivity index (χ3n) is 4.90. The number of anilines is 1. The number of imidazole rings is 1. The predicted molar refractivity (Wildman–Crippen MR) is 133 cm³/mol. The fourth-order valence-electron chi connectivity index (χ4n) is 3.29. The Bertz CT molecular complexity index is 1280. The molecule has 0 spiro atoms. The van der Waals surface area contributed by atoms with Crippen molar-refractivity contribution in [3.8, 4) is 28.4 Å². The first-order valence-electron chi connectivity index (χ1n) is 10.4. The lowest BCUT2D eigenvalue weighted by Gasteiger charge is -2.13. The summed E-state index contributed by atoms with van der Waals surface area (Å²) in [5.74, 6) is 0.653. The van der Waals surface area contributed by atoms with Crippen LogP contribution in [-0.2, 0) is 4.79 Å². The number of thioether (sulfide) groups is 1. The van der Waals surface area contributed by atoms with Crippen molar-refractivity contribution in [3.05, 3.63) is 84.0 Å². The maximum Gasteiger partial charge on any atom is 0.387 e. The second kappa shape index (κ2) is 11.2. The highest BCUT2D eigenvalue weighted by Crippen LogP contribution is 2.32. The number of halogens is 3. The van der Waals surface area contributed by atoms with E-state index in [1.165, 1.54) is 23.9 Å². The standard InChI is InChI=1S/C25H20ClF2N3O3S/c1-33-20-10-2-16(3-11-20)22-14-29-25(31(22)19-8-12-21(13-9-19)34-24(27)28)35-15-23(32)30-18-6-4-17(26)5-7-18/h2-14,24H,15H2,1H3,(H,30,32). The van der Waals surface area contributed by atoms with Gasteiger partial charge < -0.3 is 14.8 Å². The lowest BCUT2D eigenvalue weighted by atomic mass is 10.1. The average molecular weight is 516 g/mol. The van der Waals surface area contributed by atoms with Crippen molar-refractivity contribution < 1.29 is 23.0 Å². The molecule has 1 aromatic heterocycles. The number of rotatable bonds is 9. The third kappa shape index (κ3) is 6.32. The van der Waals surface area contributed by atoms with E-state index < -0.39 is 6.61 Å². The number of carbonyl (C=O) groups is 1. The summed E-state index contributed by atoms with van der Waals surface area (Å²) in [5, 5.41) is 3.96. The minimum atomic E-state index is -2.91. The molecule has 0 saturated carbocycles. The summed E-state index contributed by atoms with van der Waals surface area (Å²) in [6, 6.07) is 20.5. The largest absolute Gasteiger partial charge is 0.497 e. The van der Waals surface area contributed by atoms with Gasteiger partial charge in [-0.15, -0.1) is 0 Å². The highest BCUT2D eigenvalue weighted by atomic mass is 35.5. The Balaban J connectivity index is 1.60. The summed E-state index contributed by atoms with van der Waals surface area (Å²) in [7, 11) is 1.59. The molecule has 0 radical (unpaired) electrons. The van der Waals surface area contributed by atoms with Crippen molar-refractivity contribution in [2.24, 2.45) is 0 Å². The summed E-state index contributed by atoms with van der Waals surface area (Å²) in [6.45, 7) is -2.91. The molecule has 1 heterocycles. The SMILES string of the molecule is COc1ccc(-c2cnc(SCC(=O)Nc3ccc(Cl)cc3)n2-c2ccc(OC(F)F)cc2)cc1. The van der Waals surface area contributed by atoms with Gasteiger partial charge in [-0.3, -0.25) is 9.36 Å². The average Bonchev–Trinajstić information content (AvgIpc) is 3.28. The number of hydrogen-bond donors (Lipinski definition) is 1. The number of methoxy groups -OCH3 is 1. The minimum Gasteiger partial charge on any atom is -0.497 e. The zero-order chi connectivity index (χ0) is 24.8. The summed E-state index contributed by atoms with van der Waals surface area (Å²) in [5.41, 5.74) is 2.94. The zero-order valence-electron chi connectivity index (χ0n) is 18.5. The summed E-state index contributed by atoms with van der Waals surface area (Å²) in [4.78, 5) is 17.0. The molecule has 0 atom stereocenters. The Morgan fingerprint density at radius 1 is 1.03 bits per heavy atom. The third-order valence-corrected chi connectivity index (χ3v) is 6.10. The minimum absolute atomic E-state index is 0.0476. The van der Waals surface area contributed by atoms with E-state index in [2.05, 4.69) is 15.0 Å². The molecule has 0 aliphatic carbocycles. The second-order valence-electron chi connectivity index (χ2n) is 7.21. The molecule has 10 heteroatoms. The van der Waals surface area contributed by atoms with E-state index in [-0.39, 0.29) is 17.4 Å². The Kier molecular flexibility index (Phi) is 7.89. The lowest BCUT2D eigenvalue weighted by Crippen LogP contribution is -2.14. The van der Waals surface area contributed by atoms with Crippen molar-refractivity contribution in [2.45, 2.75) is 11.8 Å². The van der Waals surface area contributed by atoms with Gasteiger partial charge in [0.15, 0.2) is 5.16 Å². The molecule has 6 nitrogen and oxygen atoms in total. The topological polar surface area (TPSA) is 65.4 Å². The zero-order valence-corrected chi connectivity index (χ0v) is 20.0. The molecule has 0 aliphatic rings. The van der Waals surface area contributed by atoms with Crippen LogP contribution in [0.1, 0.15) is 0 Å². The van der Waals surface area contributed by atoms with Gasteiger partial charge in [0, 0.05) is 22.0 Å². The maximum atomic E-state index is 12.6. The van der Waals surface area contributed by atoms with Gasteiger partial charge >= 0.3 is 6.61 Å². The van der Waals surface area contributed by atoms with E-state index in [9.17, 15) is 13.6 Å². The van der Waals surface area contributed by atoms with Crippen LogP contribution in [0.15, 0.2) is 84.1 Å². The van der Waals surface area contributed by atoms with Crippen LogP contribution in [0.4, 0.5) is 14.5 Å². The number of nitrogens with zero attached hydrogens (tertiary/aromatic N) is 2. The first-order valence-corrected chi connectivity index (χ1v) is 11.7. The Morgan fingerprint density at radius 2 is 1.69 bits per heavy atom.